The zero-order valence-corrected chi connectivity index (χ0v) is 11.6. The Kier molecular flexibility index (Phi) is 3.43. The van der Waals surface area contributed by atoms with Crippen molar-refractivity contribution >= 4 is 0 Å². The van der Waals surface area contributed by atoms with E-state index in [4.69, 9.17) is 4.42 Å². The van der Waals surface area contributed by atoms with Crippen molar-refractivity contribution in [3.05, 3.63) is 59.5 Å². The van der Waals surface area contributed by atoms with E-state index in [0.29, 0.717) is 12.1 Å². The summed E-state index contributed by atoms with van der Waals surface area (Å²) in [5.74, 6) is 1.75. The van der Waals surface area contributed by atoms with Gasteiger partial charge in [0, 0.05) is 6.04 Å². The molecule has 1 aromatic heterocycles. The Morgan fingerprint density at radius 2 is 1.95 bits per heavy atom. The lowest BCUT2D eigenvalue weighted by molar-refractivity contribution is 0.258. The normalized spacial score (nSPS) is 23.9. The second-order valence-corrected chi connectivity index (χ2v) is 5.63. The van der Waals surface area contributed by atoms with Gasteiger partial charge in [-0.05, 0) is 55.9 Å². The molecule has 0 radical (unpaired) electrons. The van der Waals surface area contributed by atoms with Crippen LogP contribution < -0.4 is 5.32 Å². The highest BCUT2D eigenvalue weighted by molar-refractivity contribution is 5.31. The molecule has 0 amide bonds. The molecule has 1 unspecified atom stereocenters. The lowest BCUT2D eigenvalue weighted by atomic mass is 9.74. The van der Waals surface area contributed by atoms with Gasteiger partial charge in [0.25, 0.3) is 0 Å². The first kappa shape index (κ1) is 12.5. The van der Waals surface area contributed by atoms with Gasteiger partial charge in [0.15, 0.2) is 0 Å². The summed E-state index contributed by atoms with van der Waals surface area (Å²) in [6.45, 7) is 4.38. The lowest BCUT2D eigenvalue weighted by Gasteiger charge is -2.38. The maximum Gasteiger partial charge on any atom is 0.120 e. The van der Waals surface area contributed by atoms with Crippen molar-refractivity contribution in [2.75, 3.05) is 0 Å². The van der Waals surface area contributed by atoms with Crippen LogP contribution in [0.2, 0.25) is 0 Å². The van der Waals surface area contributed by atoms with E-state index < -0.39 is 0 Å². The zero-order valence-electron chi connectivity index (χ0n) is 11.6. The first-order chi connectivity index (χ1) is 9.24. The lowest BCUT2D eigenvalue weighted by Crippen LogP contribution is -2.41. The van der Waals surface area contributed by atoms with E-state index in [1.807, 2.05) is 12.1 Å². The fourth-order valence-electron chi connectivity index (χ4n) is 3.03. The molecular formula is C17H21NO. The van der Waals surface area contributed by atoms with Crippen LogP contribution in [-0.4, -0.2) is 6.04 Å². The van der Waals surface area contributed by atoms with Gasteiger partial charge in [0.05, 0.1) is 12.3 Å². The number of hydrogen-bond donors (Lipinski definition) is 1. The third kappa shape index (κ3) is 2.59. The number of benzene rings is 1. The second-order valence-electron chi connectivity index (χ2n) is 5.63. The van der Waals surface area contributed by atoms with Gasteiger partial charge >= 0.3 is 0 Å². The fourth-order valence-corrected chi connectivity index (χ4v) is 3.03. The third-order valence-electron chi connectivity index (χ3n) is 4.22. The molecule has 1 aromatic carbocycles. The van der Waals surface area contributed by atoms with Gasteiger partial charge in [-0.3, -0.25) is 0 Å². The van der Waals surface area contributed by atoms with Crippen LogP contribution in [-0.2, 0) is 0 Å². The van der Waals surface area contributed by atoms with E-state index in [0.717, 1.165) is 11.7 Å². The standard InChI is InChI=1S/C17H21NO/c1-12-6-3-4-7-16(12)14-10-15(11-14)18-13(2)17-8-5-9-19-17/h3-9,13-15,18H,10-11H2,1-2H3. The molecular weight excluding hydrogens is 234 g/mol. The summed E-state index contributed by atoms with van der Waals surface area (Å²) < 4.78 is 5.43. The molecule has 1 aliphatic carbocycles. The fraction of sp³-hybridized carbons (Fsp3) is 0.412. The van der Waals surface area contributed by atoms with Gasteiger partial charge in [-0.15, -0.1) is 0 Å². The molecule has 1 N–H and O–H groups in total. The molecule has 2 nitrogen and oxygen atoms in total. The molecule has 1 saturated carbocycles. The summed E-state index contributed by atoms with van der Waals surface area (Å²) >= 11 is 0. The molecule has 100 valence electrons. The van der Waals surface area contributed by atoms with E-state index in [1.165, 1.54) is 24.0 Å². The van der Waals surface area contributed by atoms with Gasteiger partial charge in [-0.1, -0.05) is 24.3 Å². The minimum Gasteiger partial charge on any atom is -0.468 e. The van der Waals surface area contributed by atoms with Gasteiger partial charge in [-0.25, -0.2) is 0 Å². The maximum atomic E-state index is 5.43. The van der Waals surface area contributed by atoms with Crippen LogP contribution in [0.25, 0.3) is 0 Å². The van der Waals surface area contributed by atoms with Gasteiger partial charge in [0.1, 0.15) is 5.76 Å². The Balaban J connectivity index is 1.55. The average molecular weight is 255 g/mol. The molecule has 3 rings (SSSR count). The van der Waals surface area contributed by atoms with Crippen molar-refractivity contribution in [1.29, 1.82) is 0 Å². The Morgan fingerprint density at radius 3 is 2.63 bits per heavy atom. The summed E-state index contributed by atoms with van der Waals surface area (Å²) in [6, 6.07) is 13.6. The summed E-state index contributed by atoms with van der Waals surface area (Å²) in [4.78, 5) is 0. The summed E-state index contributed by atoms with van der Waals surface area (Å²) in [5.41, 5.74) is 2.94. The van der Waals surface area contributed by atoms with Gasteiger partial charge in [0.2, 0.25) is 0 Å². The average Bonchev–Trinajstić information content (AvgIpc) is 2.88. The molecule has 1 atom stereocenters. The number of hydrogen-bond acceptors (Lipinski definition) is 2. The summed E-state index contributed by atoms with van der Waals surface area (Å²) in [5, 5.41) is 3.64. The smallest absolute Gasteiger partial charge is 0.120 e. The predicted molar refractivity (Wildman–Crippen MR) is 77.2 cm³/mol. The van der Waals surface area contributed by atoms with Crippen LogP contribution >= 0.6 is 0 Å². The number of rotatable bonds is 4. The van der Waals surface area contributed by atoms with Crippen molar-refractivity contribution in [3.63, 3.8) is 0 Å². The van der Waals surface area contributed by atoms with E-state index in [9.17, 15) is 0 Å². The van der Waals surface area contributed by atoms with Crippen molar-refractivity contribution in [2.45, 2.75) is 44.7 Å². The highest BCUT2D eigenvalue weighted by atomic mass is 16.3. The second kappa shape index (κ2) is 5.22. The minimum atomic E-state index is 0.304. The predicted octanol–water partition coefficient (Wildman–Crippen LogP) is 4.18. The molecule has 1 fully saturated rings. The Bertz CT molecular complexity index is 526. The topological polar surface area (TPSA) is 25.2 Å². The molecule has 1 heterocycles. The maximum absolute atomic E-state index is 5.43. The van der Waals surface area contributed by atoms with E-state index >= 15 is 0 Å². The molecule has 0 aliphatic heterocycles. The molecule has 0 saturated heterocycles. The van der Waals surface area contributed by atoms with Gasteiger partial charge in [-0.2, -0.15) is 0 Å². The Morgan fingerprint density at radius 1 is 1.16 bits per heavy atom. The number of aryl methyl sites for hydroxylation is 1. The van der Waals surface area contributed by atoms with Crippen LogP contribution in [0.4, 0.5) is 0 Å². The van der Waals surface area contributed by atoms with E-state index in [1.54, 1.807) is 6.26 Å². The quantitative estimate of drug-likeness (QED) is 0.886. The van der Waals surface area contributed by atoms with Crippen LogP contribution in [0.1, 0.15) is 48.6 Å². The summed E-state index contributed by atoms with van der Waals surface area (Å²) in [7, 11) is 0. The SMILES string of the molecule is Cc1ccccc1C1CC(NC(C)c2ccco2)C1. The molecule has 2 heteroatoms. The Hall–Kier alpha value is -1.54. The number of furan rings is 1. The first-order valence-corrected chi connectivity index (χ1v) is 7.09. The van der Waals surface area contributed by atoms with Crippen molar-refractivity contribution < 1.29 is 4.42 Å². The minimum absolute atomic E-state index is 0.304. The molecule has 2 aromatic rings. The van der Waals surface area contributed by atoms with Gasteiger partial charge < -0.3 is 9.73 Å². The largest absolute Gasteiger partial charge is 0.468 e. The molecule has 19 heavy (non-hydrogen) atoms. The Labute approximate surface area is 114 Å². The first-order valence-electron chi connectivity index (χ1n) is 7.09. The zero-order chi connectivity index (χ0) is 13.2. The van der Waals surface area contributed by atoms with E-state index in [-0.39, 0.29) is 0 Å². The highest BCUT2D eigenvalue weighted by Crippen LogP contribution is 2.39. The third-order valence-corrected chi connectivity index (χ3v) is 4.22. The van der Waals surface area contributed by atoms with Crippen molar-refractivity contribution in [3.8, 4) is 0 Å². The van der Waals surface area contributed by atoms with Crippen LogP contribution in [0.3, 0.4) is 0 Å². The van der Waals surface area contributed by atoms with Crippen LogP contribution in [0.5, 0.6) is 0 Å². The van der Waals surface area contributed by atoms with Crippen molar-refractivity contribution in [1.82, 2.24) is 5.32 Å². The van der Waals surface area contributed by atoms with Crippen molar-refractivity contribution in [2.24, 2.45) is 0 Å². The highest BCUT2D eigenvalue weighted by Gasteiger charge is 2.32. The number of nitrogens with one attached hydrogen (secondary N) is 1. The molecule has 1 aliphatic rings. The van der Waals surface area contributed by atoms with E-state index in [2.05, 4.69) is 43.4 Å². The summed E-state index contributed by atoms with van der Waals surface area (Å²) in [6.07, 6.45) is 4.20. The molecule has 0 bridgehead atoms. The van der Waals surface area contributed by atoms with Crippen LogP contribution in [0.15, 0.2) is 47.1 Å². The monoisotopic (exact) mass is 255 g/mol. The van der Waals surface area contributed by atoms with Crippen LogP contribution in [0, 0.1) is 6.92 Å². The molecule has 0 spiro atoms.